The number of hydrogen-bond donors (Lipinski definition) is 1. The van der Waals surface area contributed by atoms with E-state index in [1.165, 1.54) is 25.3 Å². The smallest absolute Gasteiger partial charge is 0.244 e. The van der Waals surface area contributed by atoms with Gasteiger partial charge in [-0.15, -0.1) is 0 Å². The van der Waals surface area contributed by atoms with Crippen LogP contribution in [0.3, 0.4) is 0 Å². The van der Waals surface area contributed by atoms with Gasteiger partial charge in [0.05, 0.1) is 26.5 Å². The van der Waals surface area contributed by atoms with E-state index < -0.39 is 0 Å². The van der Waals surface area contributed by atoms with Crippen LogP contribution in [-0.2, 0) is 4.79 Å². The Hall–Kier alpha value is -2.73. The maximum atomic E-state index is 12.4. The van der Waals surface area contributed by atoms with E-state index in [9.17, 15) is 4.79 Å². The van der Waals surface area contributed by atoms with Crippen LogP contribution in [0.2, 0.25) is 0 Å². The number of carbonyl (C=O) groups is 1. The molecule has 6 nitrogen and oxygen atoms in total. The lowest BCUT2D eigenvalue weighted by Gasteiger charge is -2.33. The Morgan fingerprint density at radius 1 is 1.21 bits per heavy atom. The highest BCUT2D eigenvalue weighted by molar-refractivity contribution is 5.92. The topological polar surface area (TPSA) is 63.9 Å². The van der Waals surface area contributed by atoms with Crippen molar-refractivity contribution < 1.29 is 18.7 Å². The summed E-state index contributed by atoms with van der Waals surface area (Å²) in [5.74, 6) is 2.11. The second kappa shape index (κ2) is 9.99. The molecule has 150 valence electrons. The van der Waals surface area contributed by atoms with Crippen molar-refractivity contribution in [3.63, 3.8) is 0 Å². The average Bonchev–Trinajstić information content (AvgIpc) is 3.27. The van der Waals surface area contributed by atoms with Crippen molar-refractivity contribution in [3.05, 3.63) is 54.0 Å². The summed E-state index contributed by atoms with van der Waals surface area (Å²) in [6.45, 7) is 2.57. The average molecular weight is 384 g/mol. The van der Waals surface area contributed by atoms with Gasteiger partial charge in [-0.05, 0) is 56.3 Å². The van der Waals surface area contributed by atoms with Crippen LogP contribution in [0.5, 0.6) is 11.5 Å². The van der Waals surface area contributed by atoms with Crippen molar-refractivity contribution in [1.29, 1.82) is 0 Å². The Morgan fingerprint density at radius 3 is 2.71 bits per heavy atom. The normalized spacial score (nSPS) is 16.1. The van der Waals surface area contributed by atoms with E-state index in [1.54, 1.807) is 32.6 Å². The van der Waals surface area contributed by atoms with Gasteiger partial charge in [0.2, 0.25) is 5.91 Å². The van der Waals surface area contributed by atoms with Gasteiger partial charge in [0, 0.05) is 24.3 Å². The molecule has 1 saturated heterocycles. The molecule has 1 amide bonds. The molecule has 3 rings (SSSR count). The van der Waals surface area contributed by atoms with Crippen LogP contribution in [0.25, 0.3) is 6.08 Å². The van der Waals surface area contributed by atoms with Crippen LogP contribution in [0, 0.1) is 0 Å². The quantitative estimate of drug-likeness (QED) is 0.704. The van der Waals surface area contributed by atoms with Gasteiger partial charge in [-0.3, -0.25) is 9.69 Å². The SMILES string of the molecule is COc1ccc(C=CC(=O)NCC(c2ccco2)N2CCCCC2)c(OC)c1. The monoisotopic (exact) mass is 384 g/mol. The van der Waals surface area contributed by atoms with Crippen LogP contribution >= 0.6 is 0 Å². The van der Waals surface area contributed by atoms with Crippen molar-refractivity contribution in [3.8, 4) is 11.5 Å². The molecule has 1 aliphatic heterocycles. The number of carbonyl (C=O) groups excluding carboxylic acids is 1. The molecule has 1 N–H and O–H groups in total. The highest BCUT2D eigenvalue weighted by Crippen LogP contribution is 2.26. The molecule has 2 heterocycles. The summed E-state index contributed by atoms with van der Waals surface area (Å²) in [6.07, 6.45) is 8.59. The first-order valence-corrected chi connectivity index (χ1v) is 9.66. The minimum atomic E-state index is -0.147. The van der Waals surface area contributed by atoms with Gasteiger partial charge in [0.1, 0.15) is 17.3 Å². The largest absolute Gasteiger partial charge is 0.497 e. The number of methoxy groups -OCH3 is 2. The minimum absolute atomic E-state index is 0.0585. The molecule has 1 unspecified atom stereocenters. The summed E-state index contributed by atoms with van der Waals surface area (Å²) in [7, 11) is 3.20. The number of nitrogens with zero attached hydrogens (tertiary/aromatic N) is 1. The fourth-order valence-corrected chi connectivity index (χ4v) is 3.50. The lowest BCUT2D eigenvalue weighted by Crippen LogP contribution is -2.40. The number of hydrogen-bond acceptors (Lipinski definition) is 5. The number of likely N-dealkylation sites (tertiary alicyclic amines) is 1. The third-order valence-corrected chi connectivity index (χ3v) is 5.03. The van der Waals surface area contributed by atoms with Gasteiger partial charge in [-0.2, -0.15) is 0 Å². The summed E-state index contributed by atoms with van der Waals surface area (Å²) in [4.78, 5) is 14.8. The Bertz CT molecular complexity index is 780. The summed E-state index contributed by atoms with van der Waals surface area (Å²) in [5.41, 5.74) is 0.817. The highest BCUT2D eigenvalue weighted by Gasteiger charge is 2.24. The Kier molecular flexibility index (Phi) is 7.14. The molecular formula is C22H28N2O4. The van der Waals surface area contributed by atoms with Gasteiger partial charge in [-0.1, -0.05) is 6.42 Å². The number of piperidine rings is 1. The molecule has 28 heavy (non-hydrogen) atoms. The van der Waals surface area contributed by atoms with Gasteiger partial charge >= 0.3 is 0 Å². The fourth-order valence-electron chi connectivity index (χ4n) is 3.50. The lowest BCUT2D eigenvalue weighted by molar-refractivity contribution is -0.116. The molecule has 1 aromatic heterocycles. The number of nitrogens with one attached hydrogen (secondary N) is 1. The molecular weight excluding hydrogens is 356 g/mol. The van der Waals surface area contributed by atoms with E-state index in [2.05, 4.69) is 10.2 Å². The second-order valence-corrected chi connectivity index (χ2v) is 6.81. The zero-order valence-corrected chi connectivity index (χ0v) is 16.5. The first kappa shape index (κ1) is 20.0. The summed E-state index contributed by atoms with van der Waals surface area (Å²) in [5, 5.41) is 3.01. The van der Waals surface area contributed by atoms with E-state index in [1.807, 2.05) is 24.3 Å². The van der Waals surface area contributed by atoms with Gasteiger partial charge < -0.3 is 19.2 Å². The van der Waals surface area contributed by atoms with Crippen molar-refractivity contribution in [2.24, 2.45) is 0 Å². The lowest BCUT2D eigenvalue weighted by atomic mass is 10.1. The molecule has 1 aromatic carbocycles. The van der Waals surface area contributed by atoms with E-state index in [4.69, 9.17) is 13.9 Å². The minimum Gasteiger partial charge on any atom is -0.497 e. The van der Waals surface area contributed by atoms with Crippen molar-refractivity contribution in [2.75, 3.05) is 33.9 Å². The number of rotatable bonds is 8. The maximum absolute atomic E-state index is 12.4. The predicted octanol–water partition coefficient (Wildman–Crippen LogP) is 3.65. The van der Waals surface area contributed by atoms with Crippen molar-refractivity contribution in [2.45, 2.75) is 25.3 Å². The van der Waals surface area contributed by atoms with Gasteiger partial charge in [0.25, 0.3) is 0 Å². The third kappa shape index (κ3) is 5.16. The van der Waals surface area contributed by atoms with E-state index >= 15 is 0 Å². The number of amides is 1. The molecule has 1 atom stereocenters. The standard InChI is InChI=1S/C22H28N2O4/c1-26-18-10-8-17(21(15-18)27-2)9-11-22(25)23-16-19(20-7-6-14-28-20)24-12-4-3-5-13-24/h6-11,14-15,19H,3-5,12-13,16H2,1-2H3,(H,23,25). The van der Waals surface area contributed by atoms with Crippen LogP contribution < -0.4 is 14.8 Å². The van der Waals surface area contributed by atoms with E-state index in [0.717, 1.165) is 24.4 Å². The van der Waals surface area contributed by atoms with Crippen molar-refractivity contribution in [1.82, 2.24) is 10.2 Å². The zero-order valence-electron chi connectivity index (χ0n) is 16.5. The predicted molar refractivity (Wildman–Crippen MR) is 108 cm³/mol. The summed E-state index contributed by atoms with van der Waals surface area (Å²) < 4.78 is 16.2. The summed E-state index contributed by atoms with van der Waals surface area (Å²) >= 11 is 0. The highest BCUT2D eigenvalue weighted by atomic mass is 16.5. The van der Waals surface area contributed by atoms with Crippen LogP contribution in [0.1, 0.15) is 36.6 Å². The van der Waals surface area contributed by atoms with Gasteiger partial charge in [-0.25, -0.2) is 0 Å². The number of ether oxygens (including phenoxy) is 2. The fraction of sp³-hybridized carbons (Fsp3) is 0.409. The third-order valence-electron chi connectivity index (χ3n) is 5.03. The van der Waals surface area contributed by atoms with Gasteiger partial charge in [0.15, 0.2) is 0 Å². The van der Waals surface area contributed by atoms with Crippen LogP contribution in [0.4, 0.5) is 0 Å². The molecule has 0 aliphatic carbocycles. The summed E-state index contributed by atoms with van der Waals surface area (Å²) in [6, 6.07) is 9.42. The first-order chi connectivity index (χ1) is 13.7. The molecule has 2 aromatic rings. The Labute approximate surface area is 166 Å². The van der Waals surface area contributed by atoms with Crippen LogP contribution in [0.15, 0.2) is 47.1 Å². The van der Waals surface area contributed by atoms with E-state index in [0.29, 0.717) is 18.0 Å². The molecule has 1 aliphatic rings. The Balaban J connectivity index is 1.62. The Morgan fingerprint density at radius 2 is 2.04 bits per heavy atom. The number of furan rings is 1. The number of benzene rings is 1. The zero-order chi connectivity index (χ0) is 19.8. The maximum Gasteiger partial charge on any atom is 0.244 e. The van der Waals surface area contributed by atoms with E-state index in [-0.39, 0.29) is 11.9 Å². The molecule has 0 saturated carbocycles. The molecule has 1 fully saturated rings. The molecule has 0 radical (unpaired) electrons. The molecule has 0 spiro atoms. The first-order valence-electron chi connectivity index (χ1n) is 9.66. The molecule has 6 heteroatoms. The van der Waals surface area contributed by atoms with Crippen molar-refractivity contribution >= 4 is 12.0 Å². The molecule has 0 bridgehead atoms. The second-order valence-electron chi connectivity index (χ2n) is 6.81. The van der Waals surface area contributed by atoms with Crippen LogP contribution in [-0.4, -0.2) is 44.7 Å².